The van der Waals surface area contributed by atoms with Gasteiger partial charge in [0.1, 0.15) is 11.8 Å². The quantitative estimate of drug-likeness (QED) is 0.777. The third-order valence-corrected chi connectivity index (χ3v) is 4.25. The van der Waals surface area contributed by atoms with Gasteiger partial charge in [-0.05, 0) is 31.4 Å². The number of aromatic nitrogens is 2. The minimum Gasteiger partial charge on any atom is -0.481 e. The van der Waals surface area contributed by atoms with Crippen LogP contribution in [0.15, 0.2) is 30.3 Å². The van der Waals surface area contributed by atoms with Crippen molar-refractivity contribution in [3.63, 3.8) is 0 Å². The van der Waals surface area contributed by atoms with Crippen LogP contribution in [0.1, 0.15) is 29.6 Å². The van der Waals surface area contributed by atoms with Crippen LogP contribution in [0, 0.1) is 0 Å². The zero-order valence-corrected chi connectivity index (χ0v) is 15.7. The molecular weight excluding hydrogens is 364 g/mol. The molecule has 9 heteroatoms. The van der Waals surface area contributed by atoms with E-state index in [4.69, 9.17) is 14.2 Å². The summed E-state index contributed by atoms with van der Waals surface area (Å²) >= 11 is 0. The molecule has 2 aromatic rings. The standard InChI is InChI=1S/C19H22N4O5/c1-26-15-11-16(27-2)23-19(22-15)28-14-9-4-3-7-12(14)17(24)21-13-8-5-6-10-20-18(13)25/h3-4,7,9,11,13H,5-6,8,10H2,1-2H3,(H,20,25)(H,21,24)/t13-/m0/s1. The van der Waals surface area contributed by atoms with Gasteiger partial charge in [0.05, 0.1) is 25.8 Å². The average Bonchev–Trinajstić information content (AvgIpc) is 2.92. The first kappa shape index (κ1) is 19.4. The molecular formula is C19H22N4O5. The molecule has 2 amide bonds. The number of nitrogens with one attached hydrogen (secondary N) is 2. The van der Waals surface area contributed by atoms with Crippen molar-refractivity contribution in [2.24, 2.45) is 0 Å². The lowest BCUT2D eigenvalue weighted by atomic mass is 10.1. The molecule has 148 valence electrons. The molecule has 1 aromatic heterocycles. The van der Waals surface area contributed by atoms with Crippen LogP contribution < -0.4 is 24.8 Å². The molecule has 0 spiro atoms. The molecule has 1 aliphatic rings. The lowest BCUT2D eigenvalue weighted by molar-refractivity contribution is -0.122. The summed E-state index contributed by atoms with van der Waals surface area (Å²) in [6, 6.07) is 7.58. The number of hydrogen-bond acceptors (Lipinski definition) is 7. The third kappa shape index (κ3) is 4.67. The molecule has 2 N–H and O–H groups in total. The molecule has 9 nitrogen and oxygen atoms in total. The number of para-hydroxylation sites is 1. The van der Waals surface area contributed by atoms with Crippen molar-refractivity contribution in [3.05, 3.63) is 35.9 Å². The Morgan fingerprint density at radius 3 is 2.57 bits per heavy atom. The fraction of sp³-hybridized carbons (Fsp3) is 0.368. The van der Waals surface area contributed by atoms with Crippen LogP contribution >= 0.6 is 0 Å². The van der Waals surface area contributed by atoms with Gasteiger partial charge in [0.2, 0.25) is 17.7 Å². The number of amides is 2. The van der Waals surface area contributed by atoms with Crippen molar-refractivity contribution < 1.29 is 23.8 Å². The Hall–Kier alpha value is -3.36. The van der Waals surface area contributed by atoms with Gasteiger partial charge in [-0.3, -0.25) is 9.59 Å². The van der Waals surface area contributed by atoms with Crippen LogP contribution in [0.5, 0.6) is 23.5 Å². The highest BCUT2D eigenvalue weighted by molar-refractivity contribution is 5.99. The topological polar surface area (TPSA) is 112 Å². The van der Waals surface area contributed by atoms with E-state index in [1.807, 2.05) is 0 Å². The molecule has 1 aliphatic heterocycles. The van der Waals surface area contributed by atoms with E-state index in [1.165, 1.54) is 20.3 Å². The van der Waals surface area contributed by atoms with E-state index in [9.17, 15) is 9.59 Å². The summed E-state index contributed by atoms with van der Waals surface area (Å²) in [5.41, 5.74) is 0.268. The van der Waals surface area contributed by atoms with E-state index in [-0.39, 0.29) is 35.0 Å². The van der Waals surface area contributed by atoms with Gasteiger partial charge < -0.3 is 24.8 Å². The van der Waals surface area contributed by atoms with Gasteiger partial charge >= 0.3 is 6.01 Å². The van der Waals surface area contributed by atoms with Crippen molar-refractivity contribution in [1.82, 2.24) is 20.6 Å². The molecule has 3 rings (SSSR count). The fourth-order valence-corrected chi connectivity index (χ4v) is 2.79. The maximum Gasteiger partial charge on any atom is 0.328 e. The lowest BCUT2D eigenvalue weighted by Crippen LogP contribution is -2.45. The molecule has 2 heterocycles. The van der Waals surface area contributed by atoms with E-state index in [0.717, 1.165) is 12.8 Å². The summed E-state index contributed by atoms with van der Waals surface area (Å²) < 4.78 is 15.9. The maximum absolute atomic E-state index is 12.8. The largest absolute Gasteiger partial charge is 0.481 e. The monoisotopic (exact) mass is 386 g/mol. The summed E-state index contributed by atoms with van der Waals surface area (Å²) in [6.07, 6.45) is 2.35. The van der Waals surface area contributed by atoms with Crippen molar-refractivity contribution in [1.29, 1.82) is 0 Å². The number of methoxy groups -OCH3 is 2. The Morgan fingerprint density at radius 1 is 1.14 bits per heavy atom. The van der Waals surface area contributed by atoms with Gasteiger partial charge in [-0.2, -0.15) is 9.97 Å². The minimum atomic E-state index is -0.573. The van der Waals surface area contributed by atoms with Crippen LogP contribution in [0.3, 0.4) is 0 Å². The van der Waals surface area contributed by atoms with Crippen LogP contribution in [0.4, 0.5) is 0 Å². The highest BCUT2D eigenvalue weighted by atomic mass is 16.5. The zero-order valence-electron chi connectivity index (χ0n) is 15.7. The Morgan fingerprint density at radius 2 is 1.86 bits per heavy atom. The molecule has 1 atom stereocenters. The highest BCUT2D eigenvalue weighted by Crippen LogP contribution is 2.26. The molecule has 0 saturated carbocycles. The SMILES string of the molecule is COc1cc(OC)nc(Oc2ccccc2C(=O)N[C@H]2CCCCNC2=O)n1. The predicted octanol–water partition coefficient (Wildman–Crippen LogP) is 1.68. The van der Waals surface area contributed by atoms with Crippen LogP contribution in [-0.2, 0) is 4.79 Å². The van der Waals surface area contributed by atoms with Gasteiger partial charge in [-0.25, -0.2) is 0 Å². The molecule has 0 radical (unpaired) electrons. The van der Waals surface area contributed by atoms with Gasteiger partial charge in [0.25, 0.3) is 5.91 Å². The first-order valence-corrected chi connectivity index (χ1v) is 8.93. The van der Waals surface area contributed by atoms with Gasteiger partial charge in [0.15, 0.2) is 0 Å². The van der Waals surface area contributed by atoms with E-state index < -0.39 is 11.9 Å². The predicted molar refractivity (Wildman–Crippen MR) is 99.8 cm³/mol. The Bertz CT molecular complexity index is 836. The fourth-order valence-electron chi connectivity index (χ4n) is 2.79. The Balaban J connectivity index is 1.81. The van der Waals surface area contributed by atoms with E-state index in [1.54, 1.807) is 24.3 Å². The lowest BCUT2D eigenvalue weighted by Gasteiger charge is -2.16. The summed E-state index contributed by atoms with van der Waals surface area (Å²) in [6.45, 7) is 0.625. The first-order valence-electron chi connectivity index (χ1n) is 8.93. The van der Waals surface area contributed by atoms with Crippen LogP contribution in [0.25, 0.3) is 0 Å². The number of hydrogen-bond donors (Lipinski definition) is 2. The van der Waals surface area contributed by atoms with Crippen LogP contribution in [-0.4, -0.2) is 48.6 Å². The summed E-state index contributed by atoms with van der Waals surface area (Å²) in [7, 11) is 2.93. The molecule has 0 aliphatic carbocycles. The second kappa shape index (κ2) is 9.03. The second-order valence-corrected chi connectivity index (χ2v) is 6.15. The molecule has 1 saturated heterocycles. The van der Waals surface area contributed by atoms with Gasteiger partial charge in [-0.15, -0.1) is 0 Å². The van der Waals surface area contributed by atoms with Crippen molar-refractivity contribution >= 4 is 11.8 Å². The minimum absolute atomic E-state index is 0.0244. The third-order valence-electron chi connectivity index (χ3n) is 4.25. The molecule has 28 heavy (non-hydrogen) atoms. The normalized spacial score (nSPS) is 16.5. The maximum atomic E-state index is 12.8. The molecule has 1 aromatic carbocycles. The van der Waals surface area contributed by atoms with Crippen molar-refractivity contribution in [3.8, 4) is 23.5 Å². The van der Waals surface area contributed by atoms with Crippen molar-refractivity contribution in [2.45, 2.75) is 25.3 Å². The number of nitrogens with zero attached hydrogens (tertiary/aromatic N) is 2. The summed E-state index contributed by atoms with van der Waals surface area (Å²) in [5.74, 6) is 0.194. The Labute approximate surface area is 162 Å². The second-order valence-electron chi connectivity index (χ2n) is 6.15. The van der Waals surface area contributed by atoms with Gasteiger partial charge in [0, 0.05) is 6.54 Å². The number of ether oxygens (including phenoxy) is 3. The smallest absolute Gasteiger partial charge is 0.328 e. The van der Waals surface area contributed by atoms with Crippen molar-refractivity contribution in [2.75, 3.05) is 20.8 Å². The van der Waals surface area contributed by atoms with E-state index in [0.29, 0.717) is 13.0 Å². The van der Waals surface area contributed by atoms with E-state index >= 15 is 0 Å². The van der Waals surface area contributed by atoms with Crippen LogP contribution in [0.2, 0.25) is 0 Å². The number of carbonyl (C=O) groups excluding carboxylic acids is 2. The molecule has 1 fully saturated rings. The number of carbonyl (C=O) groups is 2. The Kier molecular flexibility index (Phi) is 6.25. The number of rotatable bonds is 6. The number of benzene rings is 1. The van der Waals surface area contributed by atoms with Gasteiger partial charge in [-0.1, -0.05) is 12.1 Å². The summed E-state index contributed by atoms with van der Waals surface area (Å²) in [4.78, 5) is 33.1. The zero-order chi connectivity index (χ0) is 19.9. The molecule has 0 bridgehead atoms. The highest BCUT2D eigenvalue weighted by Gasteiger charge is 2.24. The first-order chi connectivity index (χ1) is 13.6. The summed E-state index contributed by atoms with van der Waals surface area (Å²) in [5, 5.41) is 5.57. The van der Waals surface area contributed by atoms with E-state index in [2.05, 4.69) is 20.6 Å². The molecule has 0 unspecified atom stereocenters. The average molecular weight is 386 g/mol.